The SMILES string of the molecule is O=C(NCC1(C(=O)O)CC1)C1CCCN(C(=O)CCOc2ccccc2)C1. The molecule has 1 aromatic rings. The minimum Gasteiger partial charge on any atom is -0.493 e. The summed E-state index contributed by atoms with van der Waals surface area (Å²) in [6.45, 7) is 1.51. The Morgan fingerprint density at radius 2 is 1.96 bits per heavy atom. The number of para-hydroxylation sites is 1. The molecule has 0 bridgehead atoms. The van der Waals surface area contributed by atoms with Gasteiger partial charge in [0.15, 0.2) is 0 Å². The maximum absolute atomic E-state index is 12.4. The molecule has 7 heteroatoms. The van der Waals surface area contributed by atoms with Gasteiger partial charge in [-0.2, -0.15) is 0 Å². The number of hydrogen-bond acceptors (Lipinski definition) is 4. The molecule has 1 heterocycles. The van der Waals surface area contributed by atoms with Crippen LogP contribution in [-0.4, -0.2) is 54.0 Å². The summed E-state index contributed by atoms with van der Waals surface area (Å²) >= 11 is 0. The third kappa shape index (κ3) is 4.99. The quantitative estimate of drug-likeness (QED) is 0.722. The maximum atomic E-state index is 12.4. The first-order chi connectivity index (χ1) is 13.0. The Balaban J connectivity index is 1.42. The van der Waals surface area contributed by atoms with E-state index in [2.05, 4.69) is 5.32 Å². The summed E-state index contributed by atoms with van der Waals surface area (Å²) in [6, 6.07) is 9.34. The molecule has 2 fully saturated rings. The van der Waals surface area contributed by atoms with Crippen molar-refractivity contribution in [3.05, 3.63) is 30.3 Å². The highest BCUT2D eigenvalue weighted by molar-refractivity contribution is 5.83. The molecule has 2 N–H and O–H groups in total. The predicted molar refractivity (Wildman–Crippen MR) is 98.2 cm³/mol. The highest BCUT2D eigenvalue weighted by Gasteiger charge is 2.50. The van der Waals surface area contributed by atoms with Gasteiger partial charge in [0.05, 0.1) is 24.4 Å². The summed E-state index contributed by atoms with van der Waals surface area (Å²) in [6.07, 6.45) is 2.98. The number of ether oxygens (including phenoxy) is 1. The smallest absolute Gasteiger partial charge is 0.311 e. The third-order valence-corrected chi connectivity index (χ3v) is 5.38. The van der Waals surface area contributed by atoms with E-state index >= 15 is 0 Å². The zero-order valence-corrected chi connectivity index (χ0v) is 15.4. The van der Waals surface area contributed by atoms with Crippen molar-refractivity contribution >= 4 is 17.8 Å². The number of rotatable bonds is 8. The lowest BCUT2D eigenvalue weighted by molar-refractivity contribution is -0.143. The molecule has 1 saturated heterocycles. The van der Waals surface area contributed by atoms with Crippen molar-refractivity contribution in [1.82, 2.24) is 10.2 Å². The Hall–Kier alpha value is -2.57. The number of amides is 2. The number of carbonyl (C=O) groups excluding carboxylic acids is 2. The molecule has 7 nitrogen and oxygen atoms in total. The lowest BCUT2D eigenvalue weighted by Crippen LogP contribution is -2.47. The number of nitrogens with zero attached hydrogens (tertiary/aromatic N) is 1. The van der Waals surface area contributed by atoms with E-state index in [1.54, 1.807) is 4.90 Å². The van der Waals surface area contributed by atoms with Crippen LogP contribution in [0, 0.1) is 11.3 Å². The van der Waals surface area contributed by atoms with Gasteiger partial charge < -0.3 is 20.1 Å². The number of likely N-dealkylation sites (tertiary alicyclic amines) is 1. The van der Waals surface area contributed by atoms with E-state index in [4.69, 9.17) is 4.74 Å². The molecule has 2 amide bonds. The number of benzene rings is 1. The van der Waals surface area contributed by atoms with Crippen LogP contribution in [0.1, 0.15) is 32.1 Å². The second-order valence-corrected chi connectivity index (χ2v) is 7.39. The zero-order valence-electron chi connectivity index (χ0n) is 15.4. The topological polar surface area (TPSA) is 95.9 Å². The lowest BCUT2D eigenvalue weighted by Gasteiger charge is -2.32. The molecule has 146 valence electrons. The van der Waals surface area contributed by atoms with Gasteiger partial charge in [-0.15, -0.1) is 0 Å². The van der Waals surface area contributed by atoms with Crippen molar-refractivity contribution in [1.29, 1.82) is 0 Å². The van der Waals surface area contributed by atoms with Gasteiger partial charge in [-0.3, -0.25) is 14.4 Å². The average Bonchev–Trinajstić information content (AvgIpc) is 3.48. The average molecular weight is 374 g/mol. The van der Waals surface area contributed by atoms with E-state index in [1.807, 2.05) is 30.3 Å². The van der Waals surface area contributed by atoms with Gasteiger partial charge in [-0.1, -0.05) is 18.2 Å². The first-order valence-corrected chi connectivity index (χ1v) is 9.47. The van der Waals surface area contributed by atoms with Crippen LogP contribution in [0.15, 0.2) is 30.3 Å². The number of hydrogen-bond donors (Lipinski definition) is 2. The first-order valence-electron chi connectivity index (χ1n) is 9.47. The van der Waals surface area contributed by atoms with Crippen molar-refractivity contribution in [3.63, 3.8) is 0 Å². The van der Waals surface area contributed by atoms with E-state index in [9.17, 15) is 19.5 Å². The highest BCUT2D eigenvalue weighted by atomic mass is 16.5. The van der Waals surface area contributed by atoms with Crippen molar-refractivity contribution in [2.24, 2.45) is 11.3 Å². The van der Waals surface area contributed by atoms with Gasteiger partial charge in [0, 0.05) is 19.6 Å². The summed E-state index contributed by atoms with van der Waals surface area (Å²) in [7, 11) is 0. The molecule has 27 heavy (non-hydrogen) atoms. The standard InChI is InChI=1S/C20H26N2O5/c23-17(8-12-27-16-6-2-1-3-7-16)22-11-4-5-15(13-22)18(24)21-14-20(9-10-20)19(25)26/h1-3,6-7,15H,4-5,8-14H2,(H,21,24)(H,25,26). The summed E-state index contributed by atoms with van der Waals surface area (Å²) in [5, 5.41) is 12.0. The fourth-order valence-electron chi connectivity index (χ4n) is 3.37. The number of aliphatic carboxylic acids is 1. The summed E-state index contributed by atoms with van der Waals surface area (Å²) in [5.41, 5.74) is -0.769. The van der Waals surface area contributed by atoms with Gasteiger partial charge in [0.1, 0.15) is 5.75 Å². The number of carboxylic acids is 1. The van der Waals surface area contributed by atoms with E-state index in [0.29, 0.717) is 32.5 Å². The number of piperidine rings is 1. The van der Waals surface area contributed by atoms with Crippen LogP contribution in [0.2, 0.25) is 0 Å². The first kappa shape index (κ1) is 19.2. The zero-order chi connectivity index (χ0) is 19.3. The Morgan fingerprint density at radius 3 is 2.63 bits per heavy atom. The van der Waals surface area contributed by atoms with Crippen LogP contribution in [0.3, 0.4) is 0 Å². The van der Waals surface area contributed by atoms with Crippen molar-refractivity contribution < 1.29 is 24.2 Å². The number of carboxylic acid groups (broad SMARTS) is 1. The molecule has 0 aromatic heterocycles. The summed E-state index contributed by atoms with van der Waals surface area (Å²) < 4.78 is 5.56. The van der Waals surface area contributed by atoms with Gasteiger partial charge in [-0.05, 0) is 37.8 Å². The lowest BCUT2D eigenvalue weighted by atomic mass is 9.96. The molecule has 0 spiro atoms. The molecule has 2 aliphatic rings. The Kier molecular flexibility index (Phi) is 5.98. The van der Waals surface area contributed by atoms with Crippen molar-refractivity contribution in [3.8, 4) is 5.75 Å². The summed E-state index contributed by atoms with van der Waals surface area (Å²) in [5.74, 6) is -0.564. The van der Waals surface area contributed by atoms with Crippen LogP contribution in [0.4, 0.5) is 0 Å². The van der Waals surface area contributed by atoms with E-state index in [0.717, 1.165) is 18.6 Å². The van der Waals surface area contributed by atoms with Gasteiger partial charge in [-0.25, -0.2) is 0 Å². The summed E-state index contributed by atoms with van der Waals surface area (Å²) in [4.78, 5) is 37.7. The molecule has 1 unspecified atom stereocenters. The van der Waals surface area contributed by atoms with Crippen LogP contribution < -0.4 is 10.1 Å². The van der Waals surface area contributed by atoms with Crippen molar-refractivity contribution in [2.75, 3.05) is 26.2 Å². The van der Waals surface area contributed by atoms with Crippen LogP contribution >= 0.6 is 0 Å². The van der Waals surface area contributed by atoms with E-state index in [1.165, 1.54) is 0 Å². The largest absolute Gasteiger partial charge is 0.493 e. The molecule has 0 radical (unpaired) electrons. The number of carbonyl (C=O) groups is 3. The molecule has 1 aromatic carbocycles. The Labute approximate surface area is 158 Å². The molecule has 3 rings (SSSR count). The maximum Gasteiger partial charge on any atom is 0.311 e. The molecule has 1 aliphatic heterocycles. The molecular weight excluding hydrogens is 348 g/mol. The second kappa shape index (κ2) is 8.41. The van der Waals surface area contributed by atoms with Crippen LogP contribution in [-0.2, 0) is 14.4 Å². The Bertz CT molecular complexity index is 687. The third-order valence-electron chi connectivity index (χ3n) is 5.38. The van der Waals surface area contributed by atoms with Crippen LogP contribution in [0.5, 0.6) is 5.75 Å². The molecule has 1 saturated carbocycles. The highest BCUT2D eigenvalue weighted by Crippen LogP contribution is 2.45. The van der Waals surface area contributed by atoms with Crippen LogP contribution in [0.25, 0.3) is 0 Å². The van der Waals surface area contributed by atoms with E-state index < -0.39 is 11.4 Å². The minimum absolute atomic E-state index is 0.0207. The van der Waals surface area contributed by atoms with Gasteiger partial charge in [0.2, 0.25) is 11.8 Å². The number of nitrogens with one attached hydrogen (secondary N) is 1. The fraction of sp³-hybridized carbons (Fsp3) is 0.550. The predicted octanol–water partition coefficient (Wildman–Crippen LogP) is 1.68. The van der Waals surface area contributed by atoms with Gasteiger partial charge in [0.25, 0.3) is 0 Å². The normalized spacial score (nSPS) is 20.6. The van der Waals surface area contributed by atoms with Crippen molar-refractivity contribution in [2.45, 2.75) is 32.1 Å². The molecule has 1 aliphatic carbocycles. The minimum atomic E-state index is -0.846. The van der Waals surface area contributed by atoms with E-state index in [-0.39, 0.29) is 30.7 Å². The molecular formula is C20H26N2O5. The Morgan fingerprint density at radius 1 is 1.22 bits per heavy atom. The molecule has 1 atom stereocenters. The fourth-order valence-corrected chi connectivity index (χ4v) is 3.37. The van der Waals surface area contributed by atoms with Gasteiger partial charge >= 0.3 is 5.97 Å². The second-order valence-electron chi connectivity index (χ2n) is 7.39. The monoisotopic (exact) mass is 374 g/mol.